The van der Waals surface area contributed by atoms with Gasteiger partial charge in [-0.2, -0.15) is 0 Å². The second-order valence-corrected chi connectivity index (χ2v) is 6.49. The highest BCUT2D eigenvalue weighted by atomic mass is 16.2. The van der Waals surface area contributed by atoms with Crippen LogP contribution >= 0.6 is 0 Å². The smallest absolute Gasteiger partial charge is 0.320 e. The first kappa shape index (κ1) is 17.8. The summed E-state index contributed by atoms with van der Waals surface area (Å²) < 4.78 is 0. The van der Waals surface area contributed by atoms with E-state index in [4.69, 9.17) is 0 Å². The molecule has 0 spiro atoms. The lowest BCUT2D eigenvalue weighted by molar-refractivity contribution is 0.101. The third-order valence-electron chi connectivity index (χ3n) is 4.98. The second kappa shape index (κ2) is 7.86. The maximum absolute atomic E-state index is 12.4. The molecule has 2 aliphatic heterocycles. The molecule has 4 amide bonds. The fraction of sp³-hybridized carbons (Fsp3) is 0.875. The van der Waals surface area contributed by atoms with Crippen molar-refractivity contribution in [3.63, 3.8) is 0 Å². The molecule has 2 heterocycles. The minimum absolute atomic E-state index is 0.132. The van der Waals surface area contributed by atoms with Gasteiger partial charge in [-0.1, -0.05) is 0 Å². The highest BCUT2D eigenvalue weighted by Crippen LogP contribution is 2.13. The molecule has 2 saturated heterocycles. The van der Waals surface area contributed by atoms with E-state index >= 15 is 0 Å². The van der Waals surface area contributed by atoms with Crippen LogP contribution in [0, 0.1) is 0 Å². The number of amides is 4. The molecule has 0 aliphatic carbocycles. The summed E-state index contributed by atoms with van der Waals surface area (Å²) in [6, 6.07) is 0.504. The predicted octanol–water partition coefficient (Wildman–Crippen LogP) is 0.822. The van der Waals surface area contributed by atoms with Gasteiger partial charge in [0.25, 0.3) is 0 Å². The third kappa shape index (κ3) is 4.07. The van der Waals surface area contributed by atoms with Crippen molar-refractivity contribution < 1.29 is 9.59 Å². The van der Waals surface area contributed by atoms with Gasteiger partial charge in [0.1, 0.15) is 0 Å². The van der Waals surface area contributed by atoms with Gasteiger partial charge in [-0.3, -0.25) is 4.90 Å². The van der Waals surface area contributed by atoms with Crippen LogP contribution < -0.4 is 0 Å². The summed E-state index contributed by atoms with van der Waals surface area (Å²) >= 11 is 0. The van der Waals surface area contributed by atoms with Gasteiger partial charge in [0.15, 0.2) is 0 Å². The Labute approximate surface area is 139 Å². The summed E-state index contributed by atoms with van der Waals surface area (Å²) in [5.41, 5.74) is 0. The summed E-state index contributed by atoms with van der Waals surface area (Å²) in [7, 11) is 1.85. The zero-order chi connectivity index (χ0) is 17.0. The Hall–Kier alpha value is -1.50. The van der Waals surface area contributed by atoms with E-state index in [9.17, 15) is 9.59 Å². The van der Waals surface area contributed by atoms with Crippen LogP contribution in [0.4, 0.5) is 9.59 Å². The van der Waals surface area contributed by atoms with Gasteiger partial charge in [-0.05, 0) is 20.8 Å². The molecule has 2 fully saturated rings. The maximum Gasteiger partial charge on any atom is 0.320 e. The molecule has 0 aromatic carbocycles. The van der Waals surface area contributed by atoms with Crippen molar-refractivity contribution in [3.8, 4) is 0 Å². The Bertz CT molecular complexity index is 419. The van der Waals surface area contributed by atoms with E-state index in [1.54, 1.807) is 4.90 Å². The second-order valence-electron chi connectivity index (χ2n) is 6.49. The molecule has 132 valence electrons. The molecule has 0 saturated carbocycles. The van der Waals surface area contributed by atoms with Crippen molar-refractivity contribution in [3.05, 3.63) is 0 Å². The Morgan fingerprint density at radius 1 is 1.09 bits per heavy atom. The lowest BCUT2D eigenvalue weighted by atomic mass is 10.2. The van der Waals surface area contributed by atoms with E-state index in [-0.39, 0.29) is 18.1 Å². The standard InChI is InChI=1S/C16H31N5O2/c1-5-19(6-2)16(23)20-10-8-18(9-11-20)13-14(3)21-12-7-17(4)15(21)22/h14H,5-13H2,1-4H3. The van der Waals surface area contributed by atoms with Crippen molar-refractivity contribution in [1.82, 2.24) is 24.5 Å². The van der Waals surface area contributed by atoms with E-state index in [2.05, 4.69) is 11.8 Å². The molecule has 1 atom stereocenters. The van der Waals surface area contributed by atoms with Crippen LogP contribution in [0.3, 0.4) is 0 Å². The summed E-state index contributed by atoms with van der Waals surface area (Å²) in [5, 5.41) is 0. The van der Waals surface area contributed by atoms with E-state index < -0.39 is 0 Å². The van der Waals surface area contributed by atoms with Crippen LogP contribution in [0.5, 0.6) is 0 Å². The summed E-state index contributed by atoms with van der Waals surface area (Å²) in [6.45, 7) is 13.5. The molecule has 0 aromatic rings. The van der Waals surface area contributed by atoms with Crippen LogP contribution in [0.2, 0.25) is 0 Å². The van der Waals surface area contributed by atoms with Crippen molar-refractivity contribution in [2.24, 2.45) is 0 Å². The number of nitrogens with zero attached hydrogens (tertiary/aromatic N) is 5. The van der Waals surface area contributed by atoms with E-state index in [0.717, 1.165) is 58.9 Å². The first-order chi connectivity index (χ1) is 11.0. The molecule has 0 radical (unpaired) electrons. The minimum atomic E-state index is 0.132. The topological polar surface area (TPSA) is 50.3 Å². The minimum Gasteiger partial charge on any atom is -0.326 e. The Balaban J connectivity index is 1.78. The largest absolute Gasteiger partial charge is 0.326 e. The van der Waals surface area contributed by atoms with Crippen molar-refractivity contribution in [2.45, 2.75) is 26.8 Å². The molecule has 0 N–H and O–H groups in total. The lowest BCUT2D eigenvalue weighted by Gasteiger charge is -2.39. The molecular formula is C16H31N5O2. The summed E-state index contributed by atoms with van der Waals surface area (Å²) in [6.07, 6.45) is 0. The number of rotatable bonds is 5. The fourth-order valence-electron chi connectivity index (χ4n) is 3.37. The highest BCUT2D eigenvalue weighted by Gasteiger charge is 2.31. The van der Waals surface area contributed by atoms with Gasteiger partial charge in [-0.25, -0.2) is 9.59 Å². The van der Waals surface area contributed by atoms with Crippen LogP contribution in [-0.2, 0) is 0 Å². The number of carbonyl (C=O) groups excluding carboxylic acids is 2. The average Bonchev–Trinajstić information content (AvgIpc) is 2.88. The van der Waals surface area contributed by atoms with E-state index in [1.807, 2.05) is 35.6 Å². The lowest BCUT2D eigenvalue weighted by Crippen LogP contribution is -2.55. The first-order valence-electron chi connectivity index (χ1n) is 8.75. The number of urea groups is 2. The van der Waals surface area contributed by atoms with Gasteiger partial charge in [0.2, 0.25) is 0 Å². The molecule has 7 nitrogen and oxygen atoms in total. The van der Waals surface area contributed by atoms with E-state index in [1.165, 1.54) is 0 Å². The fourth-order valence-corrected chi connectivity index (χ4v) is 3.37. The number of likely N-dealkylation sites (N-methyl/N-ethyl adjacent to an activating group) is 1. The first-order valence-corrected chi connectivity index (χ1v) is 8.75. The molecule has 0 bridgehead atoms. The number of hydrogen-bond donors (Lipinski definition) is 0. The zero-order valence-electron chi connectivity index (χ0n) is 15.0. The maximum atomic E-state index is 12.4. The summed E-state index contributed by atoms with van der Waals surface area (Å²) in [4.78, 5) is 34.3. The highest BCUT2D eigenvalue weighted by molar-refractivity contribution is 5.76. The van der Waals surface area contributed by atoms with Gasteiger partial charge in [0.05, 0.1) is 0 Å². The van der Waals surface area contributed by atoms with Gasteiger partial charge < -0.3 is 19.6 Å². The van der Waals surface area contributed by atoms with Gasteiger partial charge >= 0.3 is 12.1 Å². The molecule has 23 heavy (non-hydrogen) atoms. The third-order valence-corrected chi connectivity index (χ3v) is 4.98. The zero-order valence-corrected chi connectivity index (χ0v) is 15.0. The Kier molecular flexibility index (Phi) is 6.10. The molecule has 2 rings (SSSR count). The number of hydrogen-bond acceptors (Lipinski definition) is 3. The normalized spacial score (nSPS) is 21.0. The van der Waals surface area contributed by atoms with Crippen molar-refractivity contribution >= 4 is 12.1 Å². The van der Waals surface area contributed by atoms with Crippen molar-refractivity contribution in [2.75, 3.05) is 66.0 Å². The average molecular weight is 325 g/mol. The molecule has 0 aromatic heterocycles. The van der Waals surface area contributed by atoms with Crippen LogP contribution in [0.1, 0.15) is 20.8 Å². The molecular weight excluding hydrogens is 294 g/mol. The molecule has 1 unspecified atom stereocenters. The van der Waals surface area contributed by atoms with Crippen LogP contribution in [0.25, 0.3) is 0 Å². The Morgan fingerprint density at radius 3 is 2.17 bits per heavy atom. The van der Waals surface area contributed by atoms with E-state index in [0.29, 0.717) is 0 Å². The van der Waals surface area contributed by atoms with Crippen molar-refractivity contribution in [1.29, 1.82) is 0 Å². The molecule has 2 aliphatic rings. The number of carbonyl (C=O) groups is 2. The Morgan fingerprint density at radius 2 is 1.70 bits per heavy atom. The van der Waals surface area contributed by atoms with Gasteiger partial charge in [-0.15, -0.1) is 0 Å². The van der Waals surface area contributed by atoms with Crippen LogP contribution in [-0.4, -0.2) is 109 Å². The quantitative estimate of drug-likeness (QED) is 0.752. The summed E-state index contributed by atoms with van der Waals surface area (Å²) in [5.74, 6) is 0. The molecule has 7 heteroatoms. The SMILES string of the molecule is CCN(CC)C(=O)N1CCN(CC(C)N2CCN(C)C2=O)CC1. The monoisotopic (exact) mass is 325 g/mol. The number of piperazine rings is 1. The predicted molar refractivity (Wildman–Crippen MR) is 90.5 cm³/mol. The van der Waals surface area contributed by atoms with Gasteiger partial charge in [0, 0.05) is 72.0 Å². The van der Waals surface area contributed by atoms with Crippen LogP contribution in [0.15, 0.2) is 0 Å².